The highest BCUT2D eigenvalue weighted by molar-refractivity contribution is 6.37. The SMILES string of the molecule is Cc1c(C=CC=CC=C2C(=O)NC(=O)N(c3ccccc3)C2=O)c(=O)n(C)c2nn(-c3ccccc3)c(O)c12. The molecule has 10 heteroatoms. The van der Waals surface area contributed by atoms with Gasteiger partial charge in [-0.3, -0.25) is 24.3 Å². The van der Waals surface area contributed by atoms with Gasteiger partial charge in [-0.05, 0) is 48.9 Å². The molecule has 0 unspecified atom stereocenters. The molecular weight excluding hydrogens is 498 g/mol. The van der Waals surface area contributed by atoms with E-state index in [0.717, 1.165) is 4.90 Å². The minimum atomic E-state index is -0.822. The minimum Gasteiger partial charge on any atom is -0.493 e. The molecule has 194 valence electrons. The number of aryl methyl sites for hydroxylation is 2. The zero-order valence-corrected chi connectivity index (χ0v) is 21.0. The van der Waals surface area contributed by atoms with E-state index in [4.69, 9.17) is 0 Å². The van der Waals surface area contributed by atoms with Crippen LogP contribution in [0.2, 0.25) is 0 Å². The number of nitrogens with one attached hydrogen (secondary N) is 1. The van der Waals surface area contributed by atoms with Crippen LogP contribution in [0.4, 0.5) is 10.5 Å². The first-order chi connectivity index (χ1) is 18.8. The van der Waals surface area contributed by atoms with Gasteiger partial charge >= 0.3 is 6.03 Å². The molecule has 0 atom stereocenters. The Balaban J connectivity index is 1.44. The quantitative estimate of drug-likeness (QED) is 0.235. The Morgan fingerprint density at radius 2 is 1.51 bits per heavy atom. The average molecular weight is 522 g/mol. The largest absolute Gasteiger partial charge is 0.493 e. The first kappa shape index (κ1) is 25.2. The van der Waals surface area contributed by atoms with Crippen LogP contribution in [0, 0.1) is 6.92 Å². The minimum absolute atomic E-state index is 0.0847. The van der Waals surface area contributed by atoms with Crippen LogP contribution in [0.5, 0.6) is 5.88 Å². The van der Waals surface area contributed by atoms with Crippen LogP contribution in [-0.4, -0.2) is 37.3 Å². The molecule has 0 aliphatic carbocycles. The summed E-state index contributed by atoms with van der Waals surface area (Å²) in [5.41, 5.74) is 1.71. The summed E-state index contributed by atoms with van der Waals surface area (Å²) in [4.78, 5) is 51.4. The third kappa shape index (κ3) is 4.44. The number of allylic oxidation sites excluding steroid dienone is 4. The Morgan fingerprint density at radius 3 is 2.18 bits per heavy atom. The van der Waals surface area contributed by atoms with Crippen molar-refractivity contribution in [3.8, 4) is 11.6 Å². The number of aromatic hydroxyl groups is 1. The highest BCUT2D eigenvalue weighted by Gasteiger charge is 2.36. The van der Waals surface area contributed by atoms with Crippen LogP contribution in [0.3, 0.4) is 0 Å². The monoisotopic (exact) mass is 521 g/mol. The summed E-state index contributed by atoms with van der Waals surface area (Å²) >= 11 is 0. The number of fused-ring (bicyclic) bond motifs is 1. The van der Waals surface area contributed by atoms with E-state index in [-0.39, 0.29) is 17.0 Å². The number of rotatable bonds is 5. The lowest BCUT2D eigenvalue weighted by molar-refractivity contribution is -0.122. The van der Waals surface area contributed by atoms with Gasteiger partial charge in [0.1, 0.15) is 5.57 Å². The average Bonchev–Trinajstić information content (AvgIpc) is 3.28. The molecule has 4 amide bonds. The lowest BCUT2D eigenvalue weighted by Gasteiger charge is -2.26. The molecule has 2 N–H and O–H groups in total. The summed E-state index contributed by atoms with van der Waals surface area (Å²) < 4.78 is 2.75. The fraction of sp³-hybridized carbons (Fsp3) is 0.0690. The number of urea groups is 1. The molecule has 2 aromatic heterocycles. The van der Waals surface area contributed by atoms with E-state index in [1.165, 1.54) is 21.4 Å². The smallest absolute Gasteiger partial charge is 0.335 e. The molecule has 1 aliphatic heterocycles. The second-order valence-electron chi connectivity index (χ2n) is 8.73. The lowest BCUT2D eigenvalue weighted by Crippen LogP contribution is -2.54. The Hall–Kier alpha value is -5.51. The zero-order chi connectivity index (χ0) is 27.7. The molecule has 5 rings (SSSR count). The van der Waals surface area contributed by atoms with Gasteiger partial charge in [0, 0.05) is 12.6 Å². The molecule has 1 fully saturated rings. The van der Waals surface area contributed by atoms with Crippen molar-refractivity contribution in [2.24, 2.45) is 7.05 Å². The molecule has 10 nitrogen and oxygen atoms in total. The van der Waals surface area contributed by atoms with Crippen molar-refractivity contribution >= 4 is 40.6 Å². The van der Waals surface area contributed by atoms with Crippen LogP contribution in [0.15, 0.2) is 95.3 Å². The molecule has 2 aromatic carbocycles. The van der Waals surface area contributed by atoms with E-state index in [1.807, 2.05) is 18.2 Å². The summed E-state index contributed by atoms with van der Waals surface area (Å²) in [5.74, 6) is -1.63. The number of benzene rings is 2. The third-order valence-corrected chi connectivity index (χ3v) is 6.34. The molecule has 0 spiro atoms. The number of hydrogen-bond acceptors (Lipinski definition) is 6. The van der Waals surface area contributed by atoms with Crippen molar-refractivity contribution < 1.29 is 19.5 Å². The number of carbonyl (C=O) groups excluding carboxylic acids is 3. The number of pyridine rings is 1. The van der Waals surface area contributed by atoms with Gasteiger partial charge in [0.25, 0.3) is 17.4 Å². The summed E-state index contributed by atoms with van der Waals surface area (Å²) in [7, 11) is 1.58. The van der Waals surface area contributed by atoms with Crippen molar-refractivity contribution in [3.63, 3.8) is 0 Å². The molecule has 39 heavy (non-hydrogen) atoms. The van der Waals surface area contributed by atoms with E-state index >= 15 is 0 Å². The van der Waals surface area contributed by atoms with Crippen LogP contribution >= 0.6 is 0 Å². The topological polar surface area (TPSA) is 127 Å². The van der Waals surface area contributed by atoms with Crippen LogP contribution in [0.1, 0.15) is 11.1 Å². The highest BCUT2D eigenvalue weighted by atomic mass is 16.3. The van der Waals surface area contributed by atoms with Gasteiger partial charge in [-0.1, -0.05) is 54.6 Å². The van der Waals surface area contributed by atoms with E-state index in [2.05, 4.69) is 10.4 Å². The fourth-order valence-corrected chi connectivity index (χ4v) is 4.34. The number of aromatic nitrogens is 3. The normalized spacial score (nSPS) is 15.3. The standard InChI is InChI=1S/C29H23N5O5/c1-18-21(26(36)32(2)24-23(18)28(38)34(31-24)20-14-8-4-9-15-20)16-10-5-11-17-22-25(35)30-29(39)33(27(22)37)19-12-6-3-7-13-19/h3-17,38H,1-2H3,(H,30,35,39). The maximum atomic E-state index is 13.1. The van der Waals surface area contributed by atoms with Crippen LogP contribution in [0.25, 0.3) is 22.8 Å². The number of carbonyl (C=O) groups is 3. The summed E-state index contributed by atoms with van der Waals surface area (Å²) in [6.45, 7) is 1.73. The number of barbiturate groups is 1. The van der Waals surface area contributed by atoms with Gasteiger partial charge in [0.05, 0.1) is 16.8 Å². The number of para-hydroxylation sites is 2. The van der Waals surface area contributed by atoms with Crippen LogP contribution < -0.4 is 15.8 Å². The molecular formula is C29H23N5O5. The van der Waals surface area contributed by atoms with Crippen molar-refractivity contribution in [2.45, 2.75) is 6.92 Å². The van der Waals surface area contributed by atoms with E-state index < -0.39 is 17.8 Å². The second-order valence-corrected chi connectivity index (χ2v) is 8.73. The number of anilines is 1. The Morgan fingerprint density at radius 1 is 0.872 bits per heavy atom. The molecule has 1 saturated heterocycles. The third-order valence-electron chi connectivity index (χ3n) is 6.34. The number of amides is 4. The summed E-state index contributed by atoms with van der Waals surface area (Å²) in [6.07, 6.45) is 7.47. The second kappa shape index (κ2) is 10.1. The first-order valence-corrected chi connectivity index (χ1v) is 12.0. The highest BCUT2D eigenvalue weighted by Crippen LogP contribution is 2.30. The molecule has 1 aliphatic rings. The molecule has 4 aromatic rings. The molecule has 0 bridgehead atoms. The Labute approximate surface area is 222 Å². The van der Waals surface area contributed by atoms with E-state index in [1.54, 1.807) is 74.7 Å². The zero-order valence-electron chi connectivity index (χ0n) is 21.0. The Bertz CT molecular complexity index is 1780. The number of hydrogen-bond donors (Lipinski definition) is 2. The van der Waals surface area contributed by atoms with Gasteiger partial charge in [0.15, 0.2) is 5.65 Å². The van der Waals surface area contributed by atoms with Crippen molar-refractivity contribution in [1.29, 1.82) is 0 Å². The van der Waals surface area contributed by atoms with Crippen molar-refractivity contribution in [3.05, 3.63) is 112 Å². The predicted octanol–water partition coefficient (Wildman–Crippen LogP) is 3.52. The van der Waals surface area contributed by atoms with Gasteiger partial charge in [-0.15, -0.1) is 5.10 Å². The van der Waals surface area contributed by atoms with E-state index in [0.29, 0.717) is 33.5 Å². The van der Waals surface area contributed by atoms with Gasteiger partial charge in [-0.2, -0.15) is 4.68 Å². The lowest BCUT2D eigenvalue weighted by atomic mass is 10.1. The van der Waals surface area contributed by atoms with Gasteiger partial charge in [0.2, 0.25) is 5.88 Å². The molecule has 0 radical (unpaired) electrons. The van der Waals surface area contributed by atoms with E-state index in [9.17, 15) is 24.3 Å². The van der Waals surface area contributed by atoms with Crippen LogP contribution in [-0.2, 0) is 16.6 Å². The van der Waals surface area contributed by atoms with Crippen molar-refractivity contribution in [1.82, 2.24) is 19.7 Å². The first-order valence-electron chi connectivity index (χ1n) is 12.0. The fourth-order valence-electron chi connectivity index (χ4n) is 4.34. The maximum Gasteiger partial charge on any atom is 0.335 e. The predicted molar refractivity (Wildman–Crippen MR) is 146 cm³/mol. The number of imide groups is 2. The summed E-state index contributed by atoms with van der Waals surface area (Å²) in [6, 6.07) is 16.5. The maximum absolute atomic E-state index is 13.1. The number of nitrogens with zero attached hydrogens (tertiary/aromatic N) is 4. The van der Waals surface area contributed by atoms with Gasteiger partial charge in [-0.25, -0.2) is 9.69 Å². The van der Waals surface area contributed by atoms with Crippen molar-refractivity contribution in [2.75, 3.05) is 4.90 Å². The van der Waals surface area contributed by atoms with Gasteiger partial charge < -0.3 is 5.11 Å². The summed E-state index contributed by atoms with van der Waals surface area (Å²) in [5, 5.41) is 18.0. The molecule has 3 heterocycles. The molecule has 0 saturated carbocycles. The Kier molecular flexibility index (Phi) is 6.51.